The van der Waals surface area contributed by atoms with E-state index in [4.69, 9.17) is 10.00 Å². The number of carbonyl (C=O) groups excluding carboxylic acids is 1. The maximum absolute atomic E-state index is 11.5. The van der Waals surface area contributed by atoms with E-state index in [1.807, 2.05) is 31.2 Å². The average molecular weight is 287 g/mol. The number of hydrogen-bond donors (Lipinski definition) is 0. The van der Waals surface area contributed by atoms with Gasteiger partial charge in [0.2, 0.25) is 0 Å². The highest BCUT2D eigenvalue weighted by molar-refractivity contribution is 5.98. The van der Waals surface area contributed by atoms with Gasteiger partial charge in [-0.1, -0.05) is 32.0 Å². The third kappa shape index (κ3) is 4.64. The molecule has 21 heavy (non-hydrogen) atoms. The monoisotopic (exact) mass is 287 g/mol. The van der Waals surface area contributed by atoms with Crippen LogP contribution in [0.15, 0.2) is 23.8 Å². The van der Waals surface area contributed by atoms with Gasteiger partial charge in [-0.3, -0.25) is 0 Å². The van der Waals surface area contributed by atoms with Gasteiger partial charge in [-0.25, -0.2) is 4.79 Å². The minimum Gasteiger partial charge on any atom is -0.493 e. The molecule has 0 aliphatic carbocycles. The third-order valence-corrected chi connectivity index (χ3v) is 2.87. The van der Waals surface area contributed by atoms with E-state index in [0.717, 1.165) is 23.3 Å². The lowest BCUT2D eigenvalue weighted by atomic mass is 9.98. The van der Waals surface area contributed by atoms with Crippen molar-refractivity contribution in [3.63, 3.8) is 0 Å². The number of carbonyl (C=O) groups is 1. The topological polar surface area (TPSA) is 59.3 Å². The standard InChI is InChI=1S/C17H21NO3/c1-5-21-16-13(9-12(2)3)7-6-8-14(16)10-15(11-18)17(19)20-4/h6-8,10,12H,5,9H2,1-4H3. The van der Waals surface area contributed by atoms with Crippen LogP contribution in [0.25, 0.3) is 6.08 Å². The van der Waals surface area contributed by atoms with Gasteiger partial charge >= 0.3 is 5.97 Å². The molecule has 0 spiro atoms. The molecule has 0 unspecified atom stereocenters. The molecule has 112 valence electrons. The van der Waals surface area contributed by atoms with Crippen molar-refractivity contribution in [2.24, 2.45) is 5.92 Å². The summed E-state index contributed by atoms with van der Waals surface area (Å²) in [5.41, 5.74) is 1.75. The molecule has 0 aliphatic heterocycles. The van der Waals surface area contributed by atoms with Crippen molar-refractivity contribution >= 4 is 12.0 Å². The van der Waals surface area contributed by atoms with E-state index in [1.165, 1.54) is 13.2 Å². The van der Waals surface area contributed by atoms with Crippen LogP contribution in [-0.4, -0.2) is 19.7 Å². The van der Waals surface area contributed by atoms with Crippen LogP contribution in [0.5, 0.6) is 5.75 Å². The minimum atomic E-state index is -0.644. The molecule has 0 saturated carbocycles. The molecular formula is C17H21NO3. The van der Waals surface area contributed by atoms with Crippen molar-refractivity contribution in [2.75, 3.05) is 13.7 Å². The number of hydrogen-bond acceptors (Lipinski definition) is 4. The zero-order valence-electron chi connectivity index (χ0n) is 13.0. The number of esters is 1. The summed E-state index contributed by atoms with van der Waals surface area (Å²) in [4.78, 5) is 11.5. The molecule has 4 heteroatoms. The first-order valence-corrected chi connectivity index (χ1v) is 6.98. The number of benzene rings is 1. The molecule has 1 aromatic carbocycles. The fraction of sp³-hybridized carbons (Fsp3) is 0.412. The fourth-order valence-corrected chi connectivity index (χ4v) is 2.04. The average Bonchev–Trinajstić information content (AvgIpc) is 2.46. The van der Waals surface area contributed by atoms with E-state index in [2.05, 4.69) is 18.6 Å². The molecule has 1 aromatic rings. The normalized spacial score (nSPS) is 11.1. The van der Waals surface area contributed by atoms with Gasteiger partial charge in [0.25, 0.3) is 0 Å². The molecule has 4 nitrogen and oxygen atoms in total. The summed E-state index contributed by atoms with van der Waals surface area (Å²) in [7, 11) is 1.26. The second-order valence-electron chi connectivity index (χ2n) is 5.03. The van der Waals surface area contributed by atoms with Gasteiger partial charge in [-0.15, -0.1) is 0 Å². The highest BCUT2D eigenvalue weighted by atomic mass is 16.5. The molecule has 0 bridgehead atoms. The van der Waals surface area contributed by atoms with E-state index >= 15 is 0 Å². The van der Waals surface area contributed by atoms with Gasteiger partial charge in [0.1, 0.15) is 17.4 Å². The van der Waals surface area contributed by atoms with Crippen molar-refractivity contribution in [3.8, 4) is 11.8 Å². The Morgan fingerprint density at radius 1 is 1.43 bits per heavy atom. The van der Waals surface area contributed by atoms with Crippen LogP contribution in [-0.2, 0) is 16.0 Å². The number of ether oxygens (including phenoxy) is 2. The summed E-state index contributed by atoms with van der Waals surface area (Å²) in [6.07, 6.45) is 2.39. The van der Waals surface area contributed by atoms with E-state index in [9.17, 15) is 4.79 Å². The Morgan fingerprint density at radius 2 is 2.14 bits per heavy atom. The first kappa shape index (κ1) is 16.8. The molecule has 0 fully saturated rings. The number of para-hydroxylation sites is 1. The number of nitriles is 1. The zero-order chi connectivity index (χ0) is 15.8. The second-order valence-corrected chi connectivity index (χ2v) is 5.03. The Labute approximate surface area is 126 Å². The first-order valence-electron chi connectivity index (χ1n) is 6.98. The summed E-state index contributed by atoms with van der Waals surface area (Å²) in [6.45, 7) is 6.70. The molecule has 0 aromatic heterocycles. The van der Waals surface area contributed by atoms with Crippen LogP contribution in [0.3, 0.4) is 0 Å². The van der Waals surface area contributed by atoms with Crippen molar-refractivity contribution in [3.05, 3.63) is 34.9 Å². The maximum atomic E-state index is 11.5. The number of methoxy groups -OCH3 is 1. The molecule has 0 saturated heterocycles. The molecule has 0 atom stereocenters. The Kier molecular flexibility index (Phi) is 6.48. The van der Waals surface area contributed by atoms with Crippen LogP contribution in [0.2, 0.25) is 0 Å². The summed E-state index contributed by atoms with van der Waals surface area (Å²) in [5, 5.41) is 9.06. The zero-order valence-corrected chi connectivity index (χ0v) is 13.0. The van der Waals surface area contributed by atoms with Crippen molar-refractivity contribution in [1.82, 2.24) is 0 Å². The fourth-order valence-electron chi connectivity index (χ4n) is 2.04. The van der Waals surface area contributed by atoms with Gasteiger partial charge in [0.15, 0.2) is 0 Å². The number of nitrogens with zero attached hydrogens (tertiary/aromatic N) is 1. The molecule has 0 aliphatic rings. The largest absolute Gasteiger partial charge is 0.493 e. The van der Waals surface area contributed by atoms with Crippen molar-refractivity contribution in [2.45, 2.75) is 27.2 Å². The van der Waals surface area contributed by atoms with E-state index in [1.54, 1.807) is 0 Å². The minimum absolute atomic E-state index is 0.0415. The van der Waals surface area contributed by atoms with Gasteiger partial charge in [-0.2, -0.15) is 5.26 Å². The number of rotatable bonds is 6. The molecular weight excluding hydrogens is 266 g/mol. The lowest BCUT2D eigenvalue weighted by Gasteiger charge is -2.15. The highest BCUT2D eigenvalue weighted by Crippen LogP contribution is 2.28. The Balaban J connectivity index is 3.31. The van der Waals surface area contributed by atoms with E-state index < -0.39 is 5.97 Å². The van der Waals surface area contributed by atoms with Crippen molar-refractivity contribution < 1.29 is 14.3 Å². The van der Waals surface area contributed by atoms with E-state index in [0.29, 0.717) is 12.5 Å². The van der Waals surface area contributed by atoms with Gasteiger partial charge < -0.3 is 9.47 Å². The van der Waals surface area contributed by atoms with Gasteiger partial charge in [0.05, 0.1) is 13.7 Å². The predicted octanol–water partition coefficient (Wildman–Crippen LogP) is 3.36. The Morgan fingerprint density at radius 3 is 2.67 bits per heavy atom. The van der Waals surface area contributed by atoms with Gasteiger partial charge in [-0.05, 0) is 30.9 Å². The third-order valence-electron chi connectivity index (χ3n) is 2.87. The van der Waals surface area contributed by atoms with Crippen LogP contribution >= 0.6 is 0 Å². The van der Waals surface area contributed by atoms with Gasteiger partial charge in [0, 0.05) is 5.56 Å². The van der Waals surface area contributed by atoms with Crippen LogP contribution in [0.1, 0.15) is 31.9 Å². The Hall–Kier alpha value is -2.28. The smallest absolute Gasteiger partial charge is 0.348 e. The first-order chi connectivity index (χ1) is 10.0. The summed E-state index contributed by atoms with van der Waals surface area (Å²) < 4.78 is 10.3. The lowest BCUT2D eigenvalue weighted by molar-refractivity contribution is -0.135. The lowest BCUT2D eigenvalue weighted by Crippen LogP contribution is -2.05. The highest BCUT2D eigenvalue weighted by Gasteiger charge is 2.13. The summed E-state index contributed by atoms with van der Waals surface area (Å²) >= 11 is 0. The van der Waals surface area contributed by atoms with Crippen LogP contribution < -0.4 is 4.74 Å². The quantitative estimate of drug-likeness (QED) is 0.457. The second kappa shape index (κ2) is 8.11. The predicted molar refractivity (Wildman–Crippen MR) is 81.8 cm³/mol. The van der Waals surface area contributed by atoms with Crippen molar-refractivity contribution in [1.29, 1.82) is 5.26 Å². The molecule has 1 rings (SSSR count). The summed E-state index contributed by atoms with van der Waals surface area (Å²) in [6, 6.07) is 7.60. The molecule has 0 N–H and O–H groups in total. The maximum Gasteiger partial charge on any atom is 0.348 e. The molecule has 0 amide bonds. The molecule has 0 heterocycles. The SMILES string of the molecule is CCOc1c(C=C(C#N)C(=O)OC)cccc1CC(C)C. The summed E-state index contributed by atoms with van der Waals surface area (Å²) in [5.74, 6) is 0.569. The molecule has 0 radical (unpaired) electrons. The van der Waals surface area contributed by atoms with Crippen LogP contribution in [0, 0.1) is 17.2 Å². The Bertz CT molecular complexity index is 568. The van der Waals surface area contributed by atoms with E-state index in [-0.39, 0.29) is 5.57 Å². The van der Waals surface area contributed by atoms with Crippen LogP contribution in [0.4, 0.5) is 0 Å².